The van der Waals surface area contributed by atoms with E-state index in [1.54, 1.807) is 4.90 Å². The van der Waals surface area contributed by atoms with Crippen LogP contribution >= 0.6 is 0 Å². The van der Waals surface area contributed by atoms with E-state index in [0.717, 1.165) is 25.7 Å². The number of rotatable bonds is 3. The second kappa shape index (κ2) is 6.15. The van der Waals surface area contributed by atoms with E-state index in [1.807, 2.05) is 4.90 Å². The Balaban J connectivity index is 1.04. The van der Waals surface area contributed by atoms with Gasteiger partial charge in [0.05, 0.1) is 31.2 Å². The fourth-order valence-corrected chi connectivity index (χ4v) is 5.21. The van der Waals surface area contributed by atoms with Crippen molar-refractivity contribution < 1.29 is 32.2 Å². The molecule has 2 spiro atoms. The van der Waals surface area contributed by atoms with Gasteiger partial charge in [0.25, 0.3) is 0 Å². The van der Waals surface area contributed by atoms with Gasteiger partial charge < -0.3 is 24.6 Å². The number of hydrogen-bond acceptors (Lipinski definition) is 4. The van der Waals surface area contributed by atoms with Crippen LogP contribution in [-0.2, 0) is 9.47 Å². The van der Waals surface area contributed by atoms with E-state index < -0.39 is 23.2 Å². The SMILES string of the molecule is O=C1NC2(CO1)CN(C(=O)N1CC3(CCC(OCC4(C(F)(F)F)CC4)CC3)C1)C2. The number of amides is 3. The van der Waals surface area contributed by atoms with Crippen molar-refractivity contribution in [1.29, 1.82) is 0 Å². The molecule has 0 bridgehead atoms. The van der Waals surface area contributed by atoms with Gasteiger partial charge in [-0.05, 0) is 38.5 Å². The number of carbonyl (C=O) groups is 2. The van der Waals surface area contributed by atoms with Crippen LogP contribution in [0.4, 0.5) is 22.8 Å². The van der Waals surface area contributed by atoms with Gasteiger partial charge in [-0.1, -0.05) is 0 Å². The number of urea groups is 1. The molecule has 2 saturated carbocycles. The highest BCUT2D eigenvalue weighted by atomic mass is 19.4. The molecule has 3 saturated heterocycles. The largest absolute Gasteiger partial charge is 0.447 e. The quantitative estimate of drug-likeness (QED) is 0.766. The third kappa shape index (κ3) is 3.23. The molecule has 0 aromatic heterocycles. The minimum absolute atomic E-state index is 0.0124. The van der Waals surface area contributed by atoms with Crippen LogP contribution in [0.2, 0.25) is 0 Å². The predicted octanol–water partition coefficient (Wildman–Crippen LogP) is 2.50. The summed E-state index contributed by atoms with van der Waals surface area (Å²) in [6.45, 7) is 2.41. The van der Waals surface area contributed by atoms with Crippen molar-refractivity contribution in [2.45, 2.75) is 56.3 Å². The van der Waals surface area contributed by atoms with Gasteiger partial charge in [0, 0.05) is 18.5 Å². The fourth-order valence-electron chi connectivity index (χ4n) is 5.21. The molecule has 2 aliphatic carbocycles. The number of cyclic esters (lactones) is 1. The summed E-state index contributed by atoms with van der Waals surface area (Å²) in [6, 6.07) is -0.0124. The van der Waals surface area contributed by atoms with E-state index in [1.165, 1.54) is 0 Å². The lowest BCUT2D eigenvalue weighted by Gasteiger charge is -2.56. The number of alkyl halides is 3. The predicted molar refractivity (Wildman–Crippen MR) is 94.1 cm³/mol. The summed E-state index contributed by atoms with van der Waals surface area (Å²) in [6.07, 6.45) is -1.06. The molecule has 0 unspecified atom stereocenters. The topological polar surface area (TPSA) is 71.1 Å². The van der Waals surface area contributed by atoms with Crippen LogP contribution in [0.25, 0.3) is 0 Å². The molecule has 0 aromatic carbocycles. The normalized spacial score (nSPS) is 29.3. The molecule has 1 N–H and O–H groups in total. The highest BCUT2D eigenvalue weighted by Crippen LogP contribution is 2.58. The summed E-state index contributed by atoms with van der Waals surface area (Å²) in [7, 11) is 0. The fraction of sp³-hybridized carbons (Fsp3) is 0.895. The Hall–Kier alpha value is -1.71. The number of alkyl carbamates (subject to hydrolysis) is 1. The molecule has 0 aromatic rings. The number of ether oxygens (including phenoxy) is 2. The first-order valence-corrected chi connectivity index (χ1v) is 10.3. The Bertz CT molecular complexity index is 702. The van der Waals surface area contributed by atoms with E-state index in [0.29, 0.717) is 32.8 Å². The summed E-state index contributed by atoms with van der Waals surface area (Å²) in [4.78, 5) is 27.4. The zero-order chi connectivity index (χ0) is 20.5. The highest BCUT2D eigenvalue weighted by molar-refractivity contribution is 5.78. The van der Waals surface area contributed by atoms with Crippen molar-refractivity contribution >= 4 is 12.1 Å². The monoisotopic (exact) mass is 417 g/mol. The van der Waals surface area contributed by atoms with Crippen molar-refractivity contribution in [2.24, 2.45) is 10.8 Å². The van der Waals surface area contributed by atoms with E-state index in [9.17, 15) is 22.8 Å². The van der Waals surface area contributed by atoms with Crippen LogP contribution in [0.15, 0.2) is 0 Å². The van der Waals surface area contributed by atoms with Gasteiger partial charge >= 0.3 is 18.3 Å². The van der Waals surface area contributed by atoms with Crippen LogP contribution in [0.3, 0.4) is 0 Å². The van der Waals surface area contributed by atoms with Gasteiger partial charge in [0.15, 0.2) is 0 Å². The Labute approximate surface area is 166 Å². The van der Waals surface area contributed by atoms with Crippen LogP contribution in [-0.4, -0.2) is 79.1 Å². The molecule has 3 amide bonds. The van der Waals surface area contributed by atoms with Crippen molar-refractivity contribution in [3.63, 3.8) is 0 Å². The molecule has 3 aliphatic heterocycles. The van der Waals surface area contributed by atoms with Gasteiger partial charge in [0.1, 0.15) is 12.1 Å². The van der Waals surface area contributed by atoms with E-state index in [4.69, 9.17) is 9.47 Å². The Morgan fingerprint density at radius 1 is 1.10 bits per heavy atom. The van der Waals surface area contributed by atoms with E-state index in [-0.39, 0.29) is 37.0 Å². The molecule has 5 aliphatic rings. The first-order chi connectivity index (χ1) is 13.6. The molecule has 162 valence electrons. The molecule has 0 radical (unpaired) electrons. The molecular weight excluding hydrogens is 391 g/mol. The van der Waals surface area contributed by atoms with Crippen LogP contribution < -0.4 is 5.32 Å². The third-order valence-corrected chi connectivity index (χ3v) is 7.47. The van der Waals surface area contributed by atoms with E-state index >= 15 is 0 Å². The van der Waals surface area contributed by atoms with E-state index in [2.05, 4.69) is 5.32 Å². The lowest BCUT2D eigenvalue weighted by atomic mass is 9.68. The minimum Gasteiger partial charge on any atom is -0.447 e. The molecule has 7 nitrogen and oxygen atoms in total. The lowest BCUT2D eigenvalue weighted by molar-refractivity contribution is -0.208. The average molecular weight is 417 g/mol. The van der Waals surface area contributed by atoms with Crippen molar-refractivity contribution in [3.05, 3.63) is 0 Å². The van der Waals surface area contributed by atoms with Crippen molar-refractivity contribution in [3.8, 4) is 0 Å². The standard InChI is InChI=1S/C19H26F3N3O4/c20-19(21,22)17(5-6-17)11-28-13-1-3-16(4-2-13)7-24(8-16)15(27)25-9-18(10-25)12-29-14(26)23-18/h13H,1-12H2,(H,23,26). The van der Waals surface area contributed by atoms with Gasteiger partial charge in [-0.2, -0.15) is 13.2 Å². The summed E-state index contributed by atoms with van der Waals surface area (Å²) < 4.78 is 49.6. The summed E-state index contributed by atoms with van der Waals surface area (Å²) >= 11 is 0. The molecule has 5 rings (SSSR count). The molecular formula is C19H26F3N3O4. The first kappa shape index (κ1) is 19.3. The maximum absolute atomic E-state index is 13.0. The zero-order valence-electron chi connectivity index (χ0n) is 16.2. The molecule has 29 heavy (non-hydrogen) atoms. The molecule has 0 atom stereocenters. The lowest BCUT2D eigenvalue weighted by Crippen LogP contribution is -2.73. The van der Waals surface area contributed by atoms with Gasteiger partial charge in [-0.15, -0.1) is 0 Å². The average Bonchev–Trinajstić information content (AvgIpc) is 3.32. The van der Waals surface area contributed by atoms with Crippen LogP contribution in [0, 0.1) is 10.8 Å². The molecule has 5 fully saturated rings. The maximum Gasteiger partial charge on any atom is 0.407 e. The second-order valence-corrected chi connectivity index (χ2v) is 9.76. The van der Waals surface area contributed by atoms with Crippen LogP contribution in [0.5, 0.6) is 0 Å². The first-order valence-electron chi connectivity index (χ1n) is 10.3. The minimum atomic E-state index is -4.17. The Kier molecular flexibility index (Phi) is 4.09. The van der Waals surface area contributed by atoms with Crippen molar-refractivity contribution in [1.82, 2.24) is 15.1 Å². The Morgan fingerprint density at radius 3 is 2.24 bits per heavy atom. The second-order valence-electron chi connectivity index (χ2n) is 9.76. The number of nitrogens with zero attached hydrogens (tertiary/aromatic N) is 2. The Morgan fingerprint density at radius 2 is 1.72 bits per heavy atom. The van der Waals surface area contributed by atoms with Gasteiger partial charge in [-0.3, -0.25) is 0 Å². The zero-order valence-corrected chi connectivity index (χ0v) is 16.2. The van der Waals surface area contributed by atoms with Crippen LogP contribution in [0.1, 0.15) is 38.5 Å². The summed E-state index contributed by atoms with van der Waals surface area (Å²) in [5.41, 5.74) is -1.93. The molecule has 3 heterocycles. The smallest absolute Gasteiger partial charge is 0.407 e. The highest BCUT2D eigenvalue weighted by Gasteiger charge is 2.63. The number of likely N-dealkylation sites (tertiary alicyclic amines) is 2. The summed E-state index contributed by atoms with van der Waals surface area (Å²) in [5.74, 6) is 0. The third-order valence-electron chi connectivity index (χ3n) is 7.47. The number of carbonyl (C=O) groups excluding carboxylic acids is 2. The van der Waals surface area contributed by atoms with Crippen molar-refractivity contribution in [2.75, 3.05) is 39.4 Å². The van der Waals surface area contributed by atoms with Gasteiger partial charge in [-0.25, -0.2) is 9.59 Å². The number of halogens is 3. The molecule has 10 heteroatoms. The maximum atomic E-state index is 13.0. The summed E-state index contributed by atoms with van der Waals surface area (Å²) in [5, 5.41) is 2.77. The van der Waals surface area contributed by atoms with Gasteiger partial charge in [0.2, 0.25) is 0 Å². The number of hydrogen-bond donors (Lipinski definition) is 1. The number of nitrogens with one attached hydrogen (secondary N) is 1.